The van der Waals surface area contributed by atoms with Crippen molar-refractivity contribution in [3.63, 3.8) is 0 Å². The van der Waals surface area contributed by atoms with Crippen LogP contribution in [0.5, 0.6) is 0 Å². The number of aliphatic hydroxyl groups excluding tert-OH is 1. The van der Waals surface area contributed by atoms with Crippen molar-refractivity contribution >= 4 is 5.97 Å². The van der Waals surface area contributed by atoms with Crippen LogP contribution in [0.25, 0.3) is 0 Å². The van der Waals surface area contributed by atoms with Gasteiger partial charge in [-0.3, -0.25) is 4.79 Å². The molecule has 5 atom stereocenters. The van der Waals surface area contributed by atoms with E-state index in [1.54, 1.807) is 0 Å². The Morgan fingerprint density at radius 1 is 1.03 bits per heavy atom. The van der Waals surface area contributed by atoms with E-state index in [1.165, 1.54) is 0 Å². The third-order valence-electron chi connectivity index (χ3n) is 7.11. The van der Waals surface area contributed by atoms with Crippen molar-refractivity contribution < 1.29 is 33.3 Å². The summed E-state index contributed by atoms with van der Waals surface area (Å²) in [5, 5.41) is 19.5. The van der Waals surface area contributed by atoms with E-state index in [9.17, 15) is 18.7 Å². The number of alkyl halides is 2. The third-order valence-corrected chi connectivity index (χ3v) is 7.11. The summed E-state index contributed by atoms with van der Waals surface area (Å²) in [5.41, 5.74) is 0. The summed E-state index contributed by atoms with van der Waals surface area (Å²) in [7, 11) is 0. The first-order chi connectivity index (χ1) is 15.3. The van der Waals surface area contributed by atoms with E-state index in [1.807, 2.05) is 6.92 Å². The zero-order valence-electron chi connectivity index (χ0n) is 19.8. The molecule has 0 aromatic rings. The van der Waals surface area contributed by atoms with E-state index in [0.29, 0.717) is 38.7 Å². The first kappa shape index (κ1) is 27.5. The molecule has 1 saturated heterocycles. The summed E-state index contributed by atoms with van der Waals surface area (Å²) in [6.45, 7) is 2.62. The van der Waals surface area contributed by atoms with Crippen LogP contribution in [-0.2, 0) is 14.3 Å². The average molecular weight is 463 g/mol. The van der Waals surface area contributed by atoms with Crippen molar-refractivity contribution in [3.8, 4) is 0 Å². The Morgan fingerprint density at radius 2 is 1.75 bits per heavy atom. The number of hydrogen-bond acceptors (Lipinski definition) is 4. The lowest BCUT2D eigenvalue weighted by atomic mass is 9.84. The minimum Gasteiger partial charge on any atom is -0.481 e. The summed E-state index contributed by atoms with van der Waals surface area (Å²) in [6.07, 6.45) is 9.26. The van der Waals surface area contributed by atoms with E-state index in [0.717, 1.165) is 51.4 Å². The number of unbranched alkanes of at least 4 members (excludes halogenated alkanes) is 4. The summed E-state index contributed by atoms with van der Waals surface area (Å²) < 4.78 is 40.3. The van der Waals surface area contributed by atoms with Crippen LogP contribution in [0.15, 0.2) is 0 Å². The average Bonchev–Trinajstić information content (AvgIpc) is 3.03. The lowest BCUT2D eigenvalue weighted by Gasteiger charge is -2.31. The Hall–Kier alpha value is -0.790. The number of carboxylic acids is 1. The highest BCUT2D eigenvalue weighted by molar-refractivity contribution is 5.66. The number of carbonyl (C=O) groups is 1. The first-order valence-electron chi connectivity index (χ1n) is 12.9. The monoisotopic (exact) mass is 462 g/mol. The molecule has 0 spiro atoms. The van der Waals surface area contributed by atoms with Gasteiger partial charge in [0.25, 0.3) is 0 Å². The molecule has 188 valence electrons. The van der Waals surface area contributed by atoms with Gasteiger partial charge in [-0.2, -0.15) is 0 Å². The molecule has 2 fully saturated rings. The normalized spacial score (nSPS) is 28.8. The predicted molar refractivity (Wildman–Crippen MR) is 120 cm³/mol. The van der Waals surface area contributed by atoms with Crippen LogP contribution >= 0.6 is 0 Å². The van der Waals surface area contributed by atoms with Gasteiger partial charge in [-0.05, 0) is 63.2 Å². The molecule has 0 aromatic heterocycles. The van der Waals surface area contributed by atoms with Gasteiger partial charge in [0.1, 0.15) is 0 Å². The van der Waals surface area contributed by atoms with Crippen molar-refractivity contribution in [2.24, 2.45) is 11.8 Å². The molecular formula is C25H44F2O5. The van der Waals surface area contributed by atoms with E-state index in [4.69, 9.17) is 14.6 Å². The predicted octanol–water partition coefficient (Wildman–Crippen LogP) is 6.32. The van der Waals surface area contributed by atoms with Gasteiger partial charge >= 0.3 is 5.97 Å². The van der Waals surface area contributed by atoms with Gasteiger partial charge in [0.15, 0.2) is 6.29 Å². The highest BCUT2D eigenvalue weighted by atomic mass is 19.3. The molecule has 1 saturated carbocycles. The Bertz CT molecular complexity index is 524. The van der Waals surface area contributed by atoms with Crippen molar-refractivity contribution in [3.05, 3.63) is 0 Å². The van der Waals surface area contributed by atoms with Gasteiger partial charge in [-0.1, -0.05) is 32.6 Å². The molecule has 32 heavy (non-hydrogen) atoms. The number of ether oxygens (including phenoxy) is 2. The van der Waals surface area contributed by atoms with Crippen LogP contribution in [0.3, 0.4) is 0 Å². The van der Waals surface area contributed by atoms with Gasteiger partial charge in [-0.15, -0.1) is 0 Å². The SMILES string of the molecule is CCCCC(F)(F)CCC[C@@H]1C(CCCCCCC(=O)O)[C@@H](O)C[C@H]1OC1CCCCO1. The van der Waals surface area contributed by atoms with Crippen LogP contribution in [0.4, 0.5) is 8.78 Å². The van der Waals surface area contributed by atoms with Gasteiger partial charge < -0.3 is 19.7 Å². The fraction of sp³-hybridized carbons (Fsp3) is 0.960. The summed E-state index contributed by atoms with van der Waals surface area (Å²) in [6, 6.07) is 0. The molecule has 7 heteroatoms. The minimum atomic E-state index is -2.62. The molecule has 1 heterocycles. The number of aliphatic hydroxyl groups is 1. The first-order valence-corrected chi connectivity index (χ1v) is 12.9. The van der Waals surface area contributed by atoms with Gasteiger partial charge in [0.2, 0.25) is 5.92 Å². The second-order valence-corrected chi connectivity index (χ2v) is 9.80. The van der Waals surface area contributed by atoms with Gasteiger partial charge in [0, 0.05) is 32.3 Å². The molecule has 2 aliphatic rings. The maximum absolute atomic E-state index is 14.2. The number of halogens is 2. The highest BCUT2D eigenvalue weighted by Crippen LogP contribution is 2.42. The maximum Gasteiger partial charge on any atom is 0.303 e. The fourth-order valence-electron chi connectivity index (χ4n) is 5.29. The number of hydrogen-bond donors (Lipinski definition) is 2. The Kier molecular flexibility index (Phi) is 12.4. The molecule has 0 bridgehead atoms. The molecule has 1 aliphatic carbocycles. The van der Waals surface area contributed by atoms with Crippen LogP contribution in [-0.4, -0.2) is 47.2 Å². The standard InChI is InChI=1S/C25H44F2O5/c1-2-3-15-25(26,27)16-10-12-20-19(11-6-4-5-7-13-23(29)30)21(28)18-22(20)32-24-14-8-9-17-31-24/h19-22,24,28H,2-18H2,1H3,(H,29,30)/t19?,20-,21+,22-,24?/m1/s1. The molecule has 1 aliphatic heterocycles. The second kappa shape index (κ2) is 14.5. The quantitative estimate of drug-likeness (QED) is 0.263. The van der Waals surface area contributed by atoms with Gasteiger partial charge in [0.05, 0.1) is 12.2 Å². The Labute approximate surface area is 192 Å². The molecule has 0 radical (unpaired) electrons. The van der Waals surface area contributed by atoms with Crippen LogP contribution in [0, 0.1) is 11.8 Å². The van der Waals surface area contributed by atoms with E-state index < -0.39 is 18.0 Å². The zero-order valence-corrected chi connectivity index (χ0v) is 19.8. The number of aliphatic carboxylic acids is 1. The molecule has 0 aromatic carbocycles. The maximum atomic E-state index is 14.2. The highest BCUT2D eigenvalue weighted by Gasteiger charge is 2.43. The number of rotatable bonds is 16. The Morgan fingerprint density at radius 3 is 2.44 bits per heavy atom. The summed E-state index contributed by atoms with van der Waals surface area (Å²) in [5.74, 6) is -3.27. The molecule has 2 unspecified atom stereocenters. The fourth-order valence-corrected chi connectivity index (χ4v) is 5.29. The lowest BCUT2D eigenvalue weighted by Crippen LogP contribution is -2.31. The Balaban J connectivity index is 1.88. The van der Waals surface area contributed by atoms with Crippen molar-refractivity contribution in [2.45, 2.75) is 134 Å². The van der Waals surface area contributed by atoms with Crippen molar-refractivity contribution in [2.75, 3.05) is 6.61 Å². The summed E-state index contributed by atoms with van der Waals surface area (Å²) >= 11 is 0. The molecule has 5 nitrogen and oxygen atoms in total. The summed E-state index contributed by atoms with van der Waals surface area (Å²) in [4.78, 5) is 10.6. The van der Waals surface area contributed by atoms with Crippen molar-refractivity contribution in [1.82, 2.24) is 0 Å². The van der Waals surface area contributed by atoms with Gasteiger partial charge in [-0.25, -0.2) is 8.78 Å². The van der Waals surface area contributed by atoms with Crippen LogP contribution in [0.1, 0.15) is 110 Å². The molecule has 0 amide bonds. The van der Waals surface area contributed by atoms with Crippen molar-refractivity contribution in [1.29, 1.82) is 0 Å². The van der Waals surface area contributed by atoms with E-state index in [-0.39, 0.29) is 43.5 Å². The third kappa shape index (κ3) is 10.0. The minimum absolute atomic E-state index is 0.0485. The molecule has 2 rings (SSSR count). The van der Waals surface area contributed by atoms with Crippen LogP contribution in [0.2, 0.25) is 0 Å². The molecule has 2 N–H and O–H groups in total. The smallest absolute Gasteiger partial charge is 0.303 e. The van der Waals surface area contributed by atoms with E-state index in [2.05, 4.69) is 0 Å². The topological polar surface area (TPSA) is 76.0 Å². The zero-order chi connectivity index (χ0) is 23.4. The molecular weight excluding hydrogens is 418 g/mol. The van der Waals surface area contributed by atoms with Crippen LogP contribution < -0.4 is 0 Å². The number of carboxylic acid groups (broad SMARTS) is 1. The largest absolute Gasteiger partial charge is 0.481 e. The van der Waals surface area contributed by atoms with E-state index >= 15 is 0 Å². The second-order valence-electron chi connectivity index (χ2n) is 9.80. The lowest BCUT2D eigenvalue weighted by molar-refractivity contribution is -0.196.